The number of rotatable bonds is 5. The normalized spacial score (nSPS) is 12.6. The summed E-state index contributed by atoms with van der Waals surface area (Å²) in [4.78, 5) is 23.5. The number of thiocarbonyl (C=S) groups is 1. The van der Waals surface area contributed by atoms with Crippen LogP contribution >= 0.6 is 12.2 Å². The van der Waals surface area contributed by atoms with Gasteiger partial charge in [0.25, 0.3) is 0 Å². The van der Waals surface area contributed by atoms with Crippen LogP contribution in [0.5, 0.6) is 0 Å². The smallest absolute Gasteiger partial charge is 0.303 e. The van der Waals surface area contributed by atoms with Gasteiger partial charge in [-0.25, -0.2) is 4.99 Å². The maximum Gasteiger partial charge on any atom is 0.303 e. The fourth-order valence-corrected chi connectivity index (χ4v) is 1.02. The first-order valence-electron chi connectivity index (χ1n) is 4.76. The van der Waals surface area contributed by atoms with E-state index in [1.54, 1.807) is 6.21 Å². The van der Waals surface area contributed by atoms with Gasteiger partial charge in [-0.05, 0) is 25.1 Å². The lowest BCUT2D eigenvalue weighted by atomic mass is 10.2. The van der Waals surface area contributed by atoms with E-state index in [1.165, 1.54) is 0 Å². The molecule has 1 aliphatic rings. The van der Waals surface area contributed by atoms with E-state index < -0.39 is 11.9 Å². The highest BCUT2D eigenvalue weighted by Gasteiger charge is 1.99. The SMILES string of the molecule is O=C(O)CCCCC(=O)O.S=C1N=CCN1. The minimum atomic E-state index is -0.870. The van der Waals surface area contributed by atoms with Crippen LogP contribution in [0.25, 0.3) is 0 Å². The van der Waals surface area contributed by atoms with Gasteiger partial charge in [-0.1, -0.05) is 0 Å². The van der Waals surface area contributed by atoms with Gasteiger partial charge in [-0.2, -0.15) is 0 Å². The largest absolute Gasteiger partial charge is 0.481 e. The maximum absolute atomic E-state index is 9.90. The molecule has 1 rings (SSSR count). The molecule has 7 heteroatoms. The van der Waals surface area contributed by atoms with Crippen LogP contribution in [0.15, 0.2) is 4.99 Å². The summed E-state index contributed by atoms with van der Waals surface area (Å²) in [6, 6.07) is 0. The molecule has 16 heavy (non-hydrogen) atoms. The second kappa shape index (κ2) is 8.78. The number of unbranched alkanes of at least 4 members (excludes halogenated alkanes) is 1. The van der Waals surface area contributed by atoms with E-state index in [-0.39, 0.29) is 12.8 Å². The summed E-state index contributed by atoms with van der Waals surface area (Å²) >= 11 is 4.61. The van der Waals surface area contributed by atoms with Gasteiger partial charge in [0.2, 0.25) is 0 Å². The van der Waals surface area contributed by atoms with Crippen LogP contribution in [-0.2, 0) is 9.59 Å². The highest BCUT2D eigenvalue weighted by atomic mass is 32.1. The molecule has 0 aliphatic carbocycles. The molecule has 3 N–H and O–H groups in total. The van der Waals surface area contributed by atoms with Crippen LogP contribution in [0.4, 0.5) is 0 Å². The summed E-state index contributed by atoms with van der Waals surface area (Å²) in [6.07, 6.45) is 2.77. The van der Waals surface area contributed by atoms with Crippen molar-refractivity contribution in [2.24, 2.45) is 4.99 Å². The molecule has 1 aliphatic heterocycles. The zero-order valence-electron chi connectivity index (χ0n) is 8.68. The molecular formula is C9H14N2O4S. The lowest BCUT2D eigenvalue weighted by Gasteiger charge is -1.92. The molecule has 0 radical (unpaired) electrons. The lowest BCUT2D eigenvalue weighted by Crippen LogP contribution is -2.12. The number of hydrogen-bond acceptors (Lipinski definition) is 3. The number of carbonyl (C=O) groups is 2. The Labute approximate surface area is 98.4 Å². The molecule has 0 saturated carbocycles. The molecule has 0 atom stereocenters. The predicted octanol–water partition coefficient (Wildman–Crippen LogP) is 0.661. The summed E-state index contributed by atoms with van der Waals surface area (Å²) < 4.78 is 0. The summed E-state index contributed by atoms with van der Waals surface area (Å²) in [5, 5.41) is 19.7. The molecule has 0 spiro atoms. The summed E-state index contributed by atoms with van der Waals surface area (Å²) in [6.45, 7) is 0.804. The average molecular weight is 246 g/mol. The van der Waals surface area contributed by atoms with E-state index >= 15 is 0 Å². The number of aliphatic carboxylic acids is 2. The highest BCUT2D eigenvalue weighted by molar-refractivity contribution is 7.80. The first-order chi connectivity index (χ1) is 7.52. The second-order valence-corrected chi connectivity index (χ2v) is 3.38. The zero-order chi connectivity index (χ0) is 12.4. The van der Waals surface area contributed by atoms with E-state index in [1.807, 2.05) is 0 Å². The van der Waals surface area contributed by atoms with Crippen molar-refractivity contribution in [3.63, 3.8) is 0 Å². The van der Waals surface area contributed by atoms with Crippen molar-refractivity contribution in [1.29, 1.82) is 0 Å². The Balaban J connectivity index is 0.000000315. The van der Waals surface area contributed by atoms with Crippen molar-refractivity contribution in [2.45, 2.75) is 25.7 Å². The predicted molar refractivity (Wildman–Crippen MR) is 62.8 cm³/mol. The number of hydrogen-bond donors (Lipinski definition) is 3. The van der Waals surface area contributed by atoms with Gasteiger partial charge in [-0.15, -0.1) is 0 Å². The van der Waals surface area contributed by atoms with Gasteiger partial charge >= 0.3 is 11.9 Å². The van der Waals surface area contributed by atoms with Crippen molar-refractivity contribution in [1.82, 2.24) is 5.32 Å². The summed E-state index contributed by atoms with van der Waals surface area (Å²) in [5.74, 6) is -1.74. The molecule has 0 fully saturated rings. The number of nitrogens with one attached hydrogen (secondary N) is 1. The minimum Gasteiger partial charge on any atom is -0.481 e. The quantitative estimate of drug-likeness (QED) is 0.487. The molecular weight excluding hydrogens is 232 g/mol. The molecule has 1 heterocycles. The molecule has 0 saturated heterocycles. The van der Waals surface area contributed by atoms with E-state index in [0.29, 0.717) is 18.0 Å². The third kappa shape index (κ3) is 10.6. The standard InChI is InChI=1S/C6H10O4.C3H4N2S/c7-5(8)3-1-2-4-6(9)10;6-3-4-1-2-5-3/h1-4H2,(H,7,8)(H,9,10);1H,2H2,(H,5,6). The Morgan fingerprint density at radius 3 is 2.00 bits per heavy atom. The molecule has 0 aromatic rings. The first kappa shape index (κ1) is 14.5. The summed E-state index contributed by atoms with van der Waals surface area (Å²) in [5.41, 5.74) is 0. The third-order valence-corrected chi connectivity index (χ3v) is 1.83. The Hall–Kier alpha value is -1.50. The van der Waals surface area contributed by atoms with E-state index in [9.17, 15) is 9.59 Å². The first-order valence-corrected chi connectivity index (χ1v) is 5.17. The number of carboxylic acid groups (broad SMARTS) is 2. The highest BCUT2D eigenvalue weighted by Crippen LogP contribution is 1.98. The van der Waals surface area contributed by atoms with Gasteiger partial charge in [-0.3, -0.25) is 9.59 Å². The van der Waals surface area contributed by atoms with Crippen LogP contribution in [0.3, 0.4) is 0 Å². The van der Waals surface area contributed by atoms with Gasteiger partial charge in [0.05, 0.1) is 6.54 Å². The lowest BCUT2D eigenvalue weighted by molar-refractivity contribution is -0.139. The van der Waals surface area contributed by atoms with E-state index in [4.69, 9.17) is 10.2 Å². The van der Waals surface area contributed by atoms with Crippen LogP contribution in [0, 0.1) is 0 Å². The van der Waals surface area contributed by atoms with Gasteiger partial charge in [0.1, 0.15) is 0 Å². The summed E-state index contributed by atoms with van der Waals surface area (Å²) in [7, 11) is 0. The molecule has 0 amide bonds. The molecule has 0 aromatic carbocycles. The van der Waals surface area contributed by atoms with Gasteiger partial charge in [0.15, 0.2) is 5.11 Å². The molecule has 0 bridgehead atoms. The number of nitrogens with zero attached hydrogens (tertiary/aromatic N) is 1. The number of aliphatic imine (C=N–C) groups is 1. The van der Waals surface area contributed by atoms with Crippen molar-refractivity contribution < 1.29 is 19.8 Å². The average Bonchev–Trinajstić information content (AvgIpc) is 2.64. The topological polar surface area (TPSA) is 99.0 Å². The van der Waals surface area contributed by atoms with Crippen molar-refractivity contribution >= 4 is 35.5 Å². The van der Waals surface area contributed by atoms with Crippen molar-refractivity contribution in [3.8, 4) is 0 Å². The van der Waals surface area contributed by atoms with Crippen LogP contribution in [0.1, 0.15) is 25.7 Å². The fourth-order valence-electron chi connectivity index (χ4n) is 0.860. The second-order valence-electron chi connectivity index (χ2n) is 2.99. The van der Waals surface area contributed by atoms with Gasteiger partial charge in [0, 0.05) is 19.1 Å². The zero-order valence-corrected chi connectivity index (χ0v) is 9.50. The molecule has 90 valence electrons. The fraction of sp³-hybridized carbons (Fsp3) is 0.556. The Morgan fingerprint density at radius 1 is 1.31 bits per heavy atom. The van der Waals surface area contributed by atoms with Crippen LogP contribution in [-0.4, -0.2) is 40.0 Å². The van der Waals surface area contributed by atoms with Crippen LogP contribution in [0.2, 0.25) is 0 Å². The van der Waals surface area contributed by atoms with E-state index in [0.717, 1.165) is 6.54 Å². The monoisotopic (exact) mass is 246 g/mol. The Kier molecular flexibility index (Phi) is 7.96. The maximum atomic E-state index is 9.90. The number of carboxylic acids is 2. The molecule has 6 nitrogen and oxygen atoms in total. The Bertz CT molecular complexity index is 275. The van der Waals surface area contributed by atoms with Crippen molar-refractivity contribution in [3.05, 3.63) is 0 Å². The van der Waals surface area contributed by atoms with Crippen molar-refractivity contribution in [2.75, 3.05) is 6.54 Å². The molecule has 0 unspecified atom stereocenters. The van der Waals surface area contributed by atoms with E-state index in [2.05, 4.69) is 22.5 Å². The third-order valence-electron chi connectivity index (χ3n) is 1.58. The van der Waals surface area contributed by atoms with Crippen LogP contribution < -0.4 is 5.32 Å². The van der Waals surface area contributed by atoms with Gasteiger partial charge < -0.3 is 15.5 Å². The molecule has 0 aromatic heterocycles. The Morgan fingerprint density at radius 2 is 1.81 bits per heavy atom. The minimum absolute atomic E-state index is 0.0628.